The van der Waals surface area contributed by atoms with E-state index in [0.29, 0.717) is 12.2 Å². The Hall–Kier alpha value is -0.220. The van der Waals surface area contributed by atoms with Gasteiger partial charge in [-0.05, 0) is 5.75 Å². The number of carbonyl (C=O) groups excluding carboxylic acids is 1. The number of amides is 1. The quantitative estimate of drug-likeness (QED) is 0.362. The summed E-state index contributed by atoms with van der Waals surface area (Å²) in [7, 11) is 1.65. The van der Waals surface area contributed by atoms with Crippen LogP contribution in [0.4, 0.5) is 0 Å². The van der Waals surface area contributed by atoms with Crippen molar-refractivity contribution >= 4 is 18.5 Å². The van der Waals surface area contributed by atoms with Gasteiger partial charge in [-0.3, -0.25) is 10.2 Å². The number of hydrogen-bond donors (Lipinski definition) is 3. The summed E-state index contributed by atoms with van der Waals surface area (Å²) in [5, 5.41) is 0. The van der Waals surface area contributed by atoms with Crippen LogP contribution in [0, 0.1) is 0 Å². The van der Waals surface area contributed by atoms with Gasteiger partial charge in [-0.2, -0.15) is 12.6 Å². The molecular weight excluding hydrogens is 124 g/mol. The summed E-state index contributed by atoms with van der Waals surface area (Å²) in [6.45, 7) is 0. The highest BCUT2D eigenvalue weighted by Gasteiger charge is 1.93. The van der Waals surface area contributed by atoms with E-state index in [1.807, 2.05) is 0 Å². The normalized spacial score (nSPS) is 8.75. The molecule has 0 rings (SSSR count). The van der Waals surface area contributed by atoms with Crippen molar-refractivity contribution in [3.05, 3.63) is 0 Å². The van der Waals surface area contributed by atoms with Gasteiger partial charge >= 0.3 is 0 Å². The smallest absolute Gasteiger partial charge is 0.234 e. The Balaban J connectivity index is 3.06. The summed E-state index contributed by atoms with van der Waals surface area (Å²) in [5.74, 6) is 0.565. The largest absolute Gasteiger partial charge is 0.292 e. The third-order valence-corrected chi connectivity index (χ3v) is 0.827. The zero-order valence-electron chi connectivity index (χ0n) is 4.77. The van der Waals surface area contributed by atoms with E-state index in [2.05, 4.69) is 23.5 Å². The second-order valence-corrected chi connectivity index (χ2v) is 1.72. The minimum atomic E-state index is -0.0255. The average Bonchev–Trinajstić information content (AvgIpc) is 1.68. The van der Waals surface area contributed by atoms with Gasteiger partial charge in [0.15, 0.2) is 0 Å². The first-order valence-corrected chi connectivity index (χ1v) is 3.01. The Kier molecular flexibility index (Phi) is 4.79. The van der Waals surface area contributed by atoms with E-state index in [1.165, 1.54) is 0 Å². The summed E-state index contributed by atoms with van der Waals surface area (Å²) < 4.78 is 0. The highest BCUT2D eigenvalue weighted by atomic mass is 32.1. The molecule has 0 radical (unpaired) electrons. The molecule has 2 N–H and O–H groups in total. The molecule has 8 heavy (non-hydrogen) atoms. The SMILES string of the molecule is CNNC(=O)CCS. The van der Waals surface area contributed by atoms with E-state index in [9.17, 15) is 4.79 Å². The van der Waals surface area contributed by atoms with Gasteiger partial charge in [-0.15, -0.1) is 0 Å². The topological polar surface area (TPSA) is 41.1 Å². The Morgan fingerprint density at radius 2 is 2.38 bits per heavy atom. The highest BCUT2D eigenvalue weighted by molar-refractivity contribution is 7.80. The van der Waals surface area contributed by atoms with Crippen molar-refractivity contribution in [3.63, 3.8) is 0 Å². The van der Waals surface area contributed by atoms with Gasteiger partial charge in [-0.1, -0.05) is 0 Å². The van der Waals surface area contributed by atoms with Gasteiger partial charge in [-0.25, -0.2) is 5.43 Å². The van der Waals surface area contributed by atoms with E-state index >= 15 is 0 Å². The Labute approximate surface area is 54.2 Å². The molecule has 0 aromatic rings. The van der Waals surface area contributed by atoms with Gasteiger partial charge < -0.3 is 0 Å². The first-order chi connectivity index (χ1) is 3.81. The van der Waals surface area contributed by atoms with Crippen LogP contribution in [-0.4, -0.2) is 18.7 Å². The van der Waals surface area contributed by atoms with Gasteiger partial charge in [0.2, 0.25) is 5.91 Å². The molecule has 0 fully saturated rings. The third kappa shape index (κ3) is 3.95. The summed E-state index contributed by atoms with van der Waals surface area (Å²) in [5.41, 5.74) is 4.93. The average molecular weight is 134 g/mol. The maximum Gasteiger partial charge on any atom is 0.234 e. The molecule has 0 saturated carbocycles. The molecule has 0 aliphatic heterocycles. The molecule has 0 aromatic heterocycles. The highest BCUT2D eigenvalue weighted by Crippen LogP contribution is 1.80. The number of rotatable bonds is 3. The second kappa shape index (κ2) is 4.93. The fourth-order valence-electron chi connectivity index (χ4n) is 0.303. The molecule has 4 heteroatoms. The molecule has 0 aliphatic carbocycles. The zero-order valence-corrected chi connectivity index (χ0v) is 5.66. The molecule has 0 aromatic carbocycles. The fourth-order valence-corrected chi connectivity index (χ4v) is 0.507. The summed E-state index contributed by atoms with van der Waals surface area (Å²) in [6, 6.07) is 0. The number of carbonyl (C=O) groups is 1. The molecule has 48 valence electrons. The van der Waals surface area contributed by atoms with Crippen LogP contribution in [0.3, 0.4) is 0 Å². The Morgan fingerprint density at radius 1 is 1.75 bits per heavy atom. The molecule has 0 heterocycles. The van der Waals surface area contributed by atoms with Crippen molar-refractivity contribution in [1.82, 2.24) is 10.9 Å². The van der Waals surface area contributed by atoms with E-state index in [4.69, 9.17) is 0 Å². The minimum Gasteiger partial charge on any atom is -0.292 e. The van der Waals surface area contributed by atoms with Crippen LogP contribution in [0.25, 0.3) is 0 Å². The number of hydrazine groups is 1. The zero-order chi connectivity index (χ0) is 6.41. The van der Waals surface area contributed by atoms with Crippen molar-refractivity contribution in [1.29, 1.82) is 0 Å². The minimum absolute atomic E-state index is 0.0255. The Bertz CT molecular complexity index is 68.4. The first kappa shape index (κ1) is 7.78. The summed E-state index contributed by atoms with van der Waals surface area (Å²) >= 11 is 3.86. The van der Waals surface area contributed by atoms with Crippen LogP contribution in [0.5, 0.6) is 0 Å². The molecule has 0 bridgehead atoms. The van der Waals surface area contributed by atoms with Gasteiger partial charge in [0, 0.05) is 13.5 Å². The van der Waals surface area contributed by atoms with Crippen molar-refractivity contribution in [2.24, 2.45) is 0 Å². The van der Waals surface area contributed by atoms with Gasteiger partial charge in [0.1, 0.15) is 0 Å². The summed E-state index contributed by atoms with van der Waals surface area (Å²) in [6.07, 6.45) is 0.462. The van der Waals surface area contributed by atoms with Crippen LogP contribution >= 0.6 is 12.6 Å². The molecule has 0 aliphatic rings. The number of thiol groups is 1. The standard InChI is InChI=1S/C4H10N2OS/c1-5-6-4(7)2-3-8/h5,8H,2-3H2,1H3,(H,6,7). The van der Waals surface area contributed by atoms with E-state index in [0.717, 1.165) is 0 Å². The second-order valence-electron chi connectivity index (χ2n) is 1.27. The fraction of sp³-hybridized carbons (Fsp3) is 0.750. The van der Waals surface area contributed by atoms with Crippen LogP contribution in [0.15, 0.2) is 0 Å². The number of hydrogen-bond acceptors (Lipinski definition) is 3. The van der Waals surface area contributed by atoms with E-state index in [-0.39, 0.29) is 5.91 Å². The maximum atomic E-state index is 10.4. The predicted molar refractivity (Wildman–Crippen MR) is 35.7 cm³/mol. The lowest BCUT2D eigenvalue weighted by atomic mass is 10.5. The van der Waals surface area contributed by atoms with Crippen LogP contribution in [-0.2, 0) is 4.79 Å². The van der Waals surface area contributed by atoms with Crippen molar-refractivity contribution < 1.29 is 4.79 Å². The molecule has 3 nitrogen and oxygen atoms in total. The molecular formula is C4H10N2OS. The molecule has 0 saturated heterocycles. The summed E-state index contributed by atoms with van der Waals surface area (Å²) in [4.78, 5) is 10.4. The van der Waals surface area contributed by atoms with E-state index < -0.39 is 0 Å². The van der Waals surface area contributed by atoms with Crippen molar-refractivity contribution in [2.75, 3.05) is 12.8 Å². The lowest BCUT2D eigenvalue weighted by Gasteiger charge is -1.97. The first-order valence-electron chi connectivity index (χ1n) is 2.37. The lowest BCUT2D eigenvalue weighted by molar-refractivity contribution is -0.121. The maximum absolute atomic E-state index is 10.4. The molecule has 0 spiro atoms. The number of nitrogens with one attached hydrogen (secondary N) is 2. The Morgan fingerprint density at radius 3 is 2.75 bits per heavy atom. The van der Waals surface area contributed by atoms with Crippen molar-refractivity contribution in [2.45, 2.75) is 6.42 Å². The van der Waals surface area contributed by atoms with Crippen LogP contribution < -0.4 is 10.9 Å². The predicted octanol–water partition coefficient (Wildman–Crippen LogP) is -0.443. The third-order valence-electron chi connectivity index (χ3n) is 0.603. The molecule has 0 unspecified atom stereocenters. The molecule has 0 atom stereocenters. The van der Waals surface area contributed by atoms with Crippen molar-refractivity contribution in [3.8, 4) is 0 Å². The lowest BCUT2D eigenvalue weighted by Crippen LogP contribution is -2.34. The van der Waals surface area contributed by atoms with Gasteiger partial charge in [0.05, 0.1) is 0 Å². The van der Waals surface area contributed by atoms with Crippen LogP contribution in [0.2, 0.25) is 0 Å². The molecule has 1 amide bonds. The van der Waals surface area contributed by atoms with Crippen LogP contribution in [0.1, 0.15) is 6.42 Å². The van der Waals surface area contributed by atoms with Gasteiger partial charge in [0.25, 0.3) is 0 Å². The van der Waals surface area contributed by atoms with E-state index in [1.54, 1.807) is 7.05 Å². The monoisotopic (exact) mass is 134 g/mol.